The minimum atomic E-state index is -0.824. The van der Waals surface area contributed by atoms with Gasteiger partial charge in [-0.25, -0.2) is 0 Å². The molecule has 1 fully saturated rings. The lowest BCUT2D eigenvalue weighted by atomic mass is 9.93. The number of rotatable bonds is 7. The minimum Gasteiger partial charge on any atom is -0.480 e. The standard InChI is InChI=1S/C28H30N2O4/c1-19-22(11-8-12-23(19)21-9-4-3-5-10-21)16-26(31)24-15-20(17-29(2)27(24)32)18-30-14-7-6-13-25(30)28(33)34/h3-5,8-12,15,17,25H,6-7,13-14,16,18H2,1-2H3,(H,33,34)/t25-/m0/s1. The van der Waals surface area contributed by atoms with Crippen LogP contribution in [0.5, 0.6) is 0 Å². The van der Waals surface area contributed by atoms with Gasteiger partial charge >= 0.3 is 5.97 Å². The van der Waals surface area contributed by atoms with Crippen LogP contribution in [0.4, 0.5) is 0 Å². The van der Waals surface area contributed by atoms with E-state index >= 15 is 0 Å². The van der Waals surface area contributed by atoms with Crippen molar-refractivity contribution in [1.29, 1.82) is 0 Å². The van der Waals surface area contributed by atoms with Gasteiger partial charge in [-0.15, -0.1) is 0 Å². The average Bonchev–Trinajstić information content (AvgIpc) is 2.83. The lowest BCUT2D eigenvalue weighted by Crippen LogP contribution is -2.44. The fourth-order valence-corrected chi connectivity index (χ4v) is 4.84. The largest absolute Gasteiger partial charge is 0.480 e. The van der Waals surface area contributed by atoms with Crippen molar-refractivity contribution in [1.82, 2.24) is 9.47 Å². The number of hydrogen-bond donors (Lipinski definition) is 1. The van der Waals surface area contributed by atoms with Crippen molar-refractivity contribution in [3.05, 3.63) is 93.4 Å². The zero-order valence-electron chi connectivity index (χ0n) is 19.7. The fourth-order valence-electron chi connectivity index (χ4n) is 4.84. The highest BCUT2D eigenvalue weighted by atomic mass is 16.4. The fraction of sp³-hybridized carbons (Fsp3) is 0.321. The average molecular weight is 459 g/mol. The monoisotopic (exact) mass is 458 g/mol. The van der Waals surface area contributed by atoms with E-state index in [0.29, 0.717) is 19.5 Å². The molecular formula is C28H30N2O4. The molecule has 1 atom stereocenters. The number of aliphatic carboxylic acids is 1. The first-order chi connectivity index (χ1) is 16.3. The van der Waals surface area contributed by atoms with E-state index in [1.165, 1.54) is 4.57 Å². The molecule has 1 N–H and O–H groups in total. The predicted molar refractivity (Wildman–Crippen MR) is 132 cm³/mol. The molecule has 0 radical (unpaired) electrons. The van der Waals surface area contributed by atoms with Crippen LogP contribution in [0.2, 0.25) is 0 Å². The molecule has 2 heterocycles. The number of aryl methyl sites for hydroxylation is 1. The molecule has 0 bridgehead atoms. The van der Waals surface area contributed by atoms with Gasteiger partial charge < -0.3 is 9.67 Å². The number of Topliss-reactive ketones (excluding diaryl/α,β-unsaturated/α-hetero) is 1. The maximum atomic E-state index is 13.3. The first-order valence-electron chi connectivity index (χ1n) is 11.7. The first kappa shape index (κ1) is 23.6. The molecule has 6 heteroatoms. The molecular weight excluding hydrogens is 428 g/mol. The van der Waals surface area contributed by atoms with Gasteiger partial charge in [0.05, 0.1) is 5.56 Å². The highest BCUT2D eigenvalue weighted by Crippen LogP contribution is 2.26. The second-order valence-electron chi connectivity index (χ2n) is 9.05. The number of piperidine rings is 1. The third kappa shape index (κ3) is 5.02. The number of hydrogen-bond acceptors (Lipinski definition) is 4. The van der Waals surface area contributed by atoms with Gasteiger partial charge in [-0.1, -0.05) is 55.0 Å². The number of carboxylic acids is 1. The SMILES string of the molecule is Cc1c(CC(=O)c2cc(CN3CCCC[C@H]3C(=O)O)cn(C)c2=O)cccc1-c1ccccc1. The smallest absolute Gasteiger partial charge is 0.320 e. The quantitative estimate of drug-likeness (QED) is 0.536. The summed E-state index contributed by atoms with van der Waals surface area (Å²) in [6.07, 6.45) is 4.29. The molecule has 1 aromatic heterocycles. The molecule has 2 aromatic carbocycles. The summed E-state index contributed by atoms with van der Waals surface area (Å²) in [6.45, 7) is 3.09. The van der Waals surface area contributed by atoms with Crippen LogP contribution in [0.25, 0.3) is 11.1 Å². The van der Waals surface area contributed by atoms with Gasteiger partial charge in [0.1, 0.15) is 6.04 Å². The molecule has 34 heavy (non-hydrogen) atoms. The molecule has 0 saturated carbocycles. The van der Waals surface area contributed by atoms with Crippen molar-refractivity contribution < 1.29 is 14.7 Å². The van der Waals surface area contributed by atoms with Crippen molar-refractivity contribution in [2.75, 3.05) is 6.54 Å². The van der Waals surface area contributed by atoms with Crippen molar-refractivity contribution in [3.63, 3.8) is 0 Å². The molecule has 0 unspecified atom stereocenters. The molecule has 4 rings (SSSR count). The zero-order valence-corrected chi connectivity index (χ0v) is 19.7. The maximum Gasteiger partial charge on any atom is 0.320 e. The first-order valence-corrected chi connectivity index (χ1v) is 11.7. The predicted octanol–water partition coefficient (Wildman–Crippen LogP) is 4.23. The van der Waals surface area contributed by atoms with Gasteiger partial charge in [0.2, 0.25) is 0 Å². The summed E-state index contributed by atoms with van der Waals surface area (Å²) < 4.78 is 1.43. The molecule has 1 aliphatic heterocycles. The Kier molecular flexibility index (Phi) is 7.08. The van der Waals surface area contributed by atoms with Crippen molar-refractivity contribution in [2.45, 2.75) is 45.2 Å². The number of carbonyl (C=O) groups is 2. The van der Waals surface area contributed by atoms with Crippen LogP contribution in [0.1, 0.15) is 46.3 Å². The Bertz CT molecular complexity index is 1260. The Hall–Kier alpha value is -3.51. The van der Waals surface area contributed by atoms with Gasteiger partial charge in [-0.05, 0) is 60.2 Å². The molecule has 0 aliphatic carbocycles. The maximum absolute atomic E-state index is 13.3. The second-order valence-corrected chi connectivity index (χ2v) is 9.05. The third-order valence-corrected chi connectivity index (χ3v) is 6.71. The summed E-state index contributed by atoms with van der Waals surface area (Å²) in [5.41, 5.74) is 4.65. The summed E-state index contributed by atoms with van der Waals surface area (Å²) in [7, 11) is 1.63. The van der Waals surface area contributed by atoms with E-state index in [0.717, 1.165) is 40.7 Å². The number of pyridine rings is 1. The summed E-state index contributed by atoms with van der Waals surface area (Å²) in [4.78, 5) is 39.7. The zero-order chi connectivity index (χ0) is 24.2. The molecule has 0 spiro atoms. The minimum absolute atomic E-state index is 0.132. The summed E-state index contributed by atoms with van der Waals surface area (Å²) in [5.74, 6) is -1.06. The van der Waals surface area contributed by atoms with E-state index in [1.54, 1.807) is 19.3 Å². The van der Waals surface area contributed by atoms with Gasteiger partial charge in [-0.2, -0.15) is 0 Å². The highest BCUT2D eigenvalue weighted by Gasteiger charge is 2.28. The number of nitrogens with zero attached hydrogens (tertiary/aromatic N) is 2. The lowest BCUT2D eigenvalue weighted by Gasteiger charge is -2.32. The van der Waals surface area contributed by atoms with Crippen LogP contribution >= 0.6 is 0 Å². The van der Waals surface area contributed by atoms with Crippen molar-refractivity contribution in [2.24, 2.45) is 7.05 Å². The van der Waals surface area contributed by atoms with Crippen molar-refractivity contribution in [3.8, 4) is 11.1 Å². The van der Waals surface area contributed by atoms with E-state index in [4.69, 9.17) is 0 Å². The van der Waals surface area contributed by atoms with Crippen LogP contribution in [0.15, 0.2) is 65.6 Å². The van der Waals surface area contributed by atoms with Gasteiger partial charge in [0.15, 0.2) is 5.78 Å². The van der Waals surface area contributed by atoms with E-state index in [2.05, 4.69) is 0 Å². The Balaban J connectivity index is 1.60. The van der Waals surface area contributed by atoms with Crippen LogP contribution in [0, 0.1) is 6.92 Å². The Morgan fingerprint density at radius 2 is 1.82 bits per heavy atom. The van der Waals surface area contributed by atoms with E-state index < -0.39 is 12.0 Å². The number of aromatic nitrogens is 1. The topological polar surface area (TPSA) is 79.6 Å². The number of carbonyl (C=O) groups excluding carboxylic acids is 1. The van der Waals surface area contributed by atoms with E-state index in [1.807, 2.05) is 60.4 Å². The Morgan fingerprint density at radius 3 is 2.56 bits per heavy atom. The highest BCUT2D eigenvalue weighted by molar-refractivity contribution is 5.97. The molecule has 3 aromatic rings. The summed E-state index contributed by atoms with van der Waals surface area (Å²) in [6, 6.07) is 17.0. The number of ketones is 1. The molecule has 0 amide bonds. The molecule has 6 nitrogen and oxygen atoms in total. The van der Waals surface area contributed by atoms with Crippen LogP contribution in [-0.4, -0.2) is 38.9 Å². The van der Waals surface area contributed by atoms with Gasteiger partial charge in [0.25, 0.3) is 5.56 Å². The lowest BCUT2D eigenvalue weighted by molar-refractivity contribution is -0.144. The Morgan fingerprint density at radius 1 is 1.06 bits per heavy atom. The van der Waals surface area contributed by atoms with Crippen LogP contribution in [-0.2, 0) is 24.8 Å². The Labute approximate surface area is 199 Å². The molecule has 176 valence electrons. The molecule has 1 aliphatic rings. The van der Waals surface area contributed by atoms with E-state index in [-0.39, 0.29) is 23.3 Å². The normalized spacial score (nSPS) is 16.4. The second kappa shape index (κ2) is 10.2. The molecule has 1 saturated heterocycles. The van der Waals surface area contributed by atoms with Gasteiger partial charge in [-0.3, -0.25) is 19.3 Å². The summed E-state index contributed by atoms with van der Waals surface area (Å²) in [5, 5.41) is 9.57. The van der Waals surface area contributed by atoms with Crippen LogP contribution < -0.4 is 5.56 Å². The summed E-state index contributed by atoms with van der Waals surface area (Å²) >= 11 is 0. The van der Waals surface area contributed by atoms with Gasteiger partial charge in [0, 0.05) is 26.2 Å². The van der Waals surface area contributed by atoms with E-state index in [9.17, 15) is 19.5 Å². The third-order valence-electron chi connectivity index (χ3n) is 6.71. The van der Waals surface area contributed by atoms with Crippen molar-refractivity contribution >= 4 is 11.8 Å². The van der Waals surface area contributed by atoms with Crippen LogP contribution in [0.3, 0.4) is 0 Å². The number of benzene rings is 2. The number of carboxylic acid groups (broad SMARTS) is 1. The number of likely N-dealkylation sites (tertiary alicyclic amines) is 1.